The highest BCUT2D eigenvalue weighted by molar-refractivity contribution is 6.27. The van der Waals surface area contributed by atoms with E-state index in [0.29, 0.717) is 0 Å². The van der Waals surface area contributed by atoms with Gasteiger partial charge in [-0.15, -0.1) is 11.6 Å². The van der Waals surface area contributed by atoms with Crippen LogP contribution in [0, 0.1) is 0 Å². The number of hydrogen-bond donors (Lipinski definition) is 1. The Hall–Kier alpha value is -2.40. The van der Waals surface area contributed by atoms with E-state index in [1.807, 2.05) is 0 Å². The van der Waals surface area contributed by atoms with Gasteiger partial charge < -0.3 is 29.0 Å². The van der Waals surface area contributed by atoms with Gasteiger partial charge in [-0.2, -0.15) is 0 Å². The van der Waals surface area contributed by atoms with E-state index < -0.39 is 66.3 Å². The zero-order valence-electron chi connectivity index (χ0n) is 15.8. The average molecular weight is 424 g/mol. The number of halogens is 1. The maximum Gasteiger partial charge on any atom is 0.303 e. The Morgan fingerprint density at radius 1 is 0.821 bits per heavy atom. The molecule has 1 rings (SSSR count). The Kier molecular flexibility index (Phi) is 9.13. The van der Waals surface area contributed by atoms with E-state index >= 15 is 0 Å². The molecular formula is C16H22ClNO10. The standard InChI is InChI=1S/C16H22ClNO10/c1-7(19)24-6-11-13(25-8(2)20)14(26-9(3)21)15(27-10(4)22)16(28-11)18-12(23)5-17/h11,13-16H,5-6H2,1-4H3,(H,18,23)/t11-,13-,14+,15+,16-/m1/s1. The number of esters is 4. The molecule has 1 aliphatic rings. The van der Waals surface area contributed by atoms with Crippen LogP contribution in [0.3, 0.4) is 0 Å². The van der Waals surface area contributed by atoms with Crippen LogP contribution in [0.25, 0.3) is 0 Å². The molecule has 1 heterocycles. The number of nitrogens with one attached hydrogen (secondary N) is 1. The lowest BCUT2D eigenvalue weighted by Gasteiger charge is -2.44. The number of alkyl halides is 1. The van der Waals surface area contributed by atoms with Crippen LogP contribution in [-0.2, 0) is 47.7 Å². The third kappa shape index (κ3) is 7.31. The van der Waals surface area contributed by atoms with Gasteiger partial charge in [-0.1, -0.05) is 0 Å². The van der Waals surface area contributed by atoms with E-state index in [0.717, 1.165) is 27.7 Å². The first-order chi connectivity index (χ1) is 13.0. The zero-order valence-corrected chi connectivity index (χ0v) is 16.5. The van der Waals surface area contributed by atoms with Crippen molar-refractivity contribution in [2.75, 3.05) is 12.5 Å². The molecule has 0 aliphatic carbocycles. The summed E-state index contributed by atoms with van der Waals surface area (Å²) in [5.41, 5.74) is 0. The van der Waals surface area contributed by atoms with Gasteiger partial charge in [0.15, 0.2) is 24.5 Å². The Morgan fingerprint density at radius 3 is 1.79 bits per heavy atom. The second kappa shape index (κ2) is 10.8. The Morgan fingerprint density at radius 2 is 1.32 bits per heavy atom. The maximum atomic E-state index is 11.7. The molecule has 0 bridgehead atoms. The molecule has 0 aromatic heterocycles. The monoisotopic (exact) mass is 423 g/mol. The molecule has 12 heteroatoms. The molecule has 1 aliphatic heterocycles. The number of hydrogen-bond acceptors (Lipinski definition) is 10. The predicted molar refractivity (Wildman–Crippen MR) is 90.8 cm³/mol. The molecule has 0 aromatic rings. The smallest absolute Gasteiger partial charge is 0.303 e. The lowest BCUT2D eigenvalue weighted by molar-refractivity contribution is -0.256. The topological polar surface area (TPSA) is 144 Å². The van der Waals surface area contributed by atoms with Crippen molar-refractivity contribution in [1.82, 2.24) is 5.32 Å². The minimum absolute atomic E-state index is 0.384. The van der Waals surface area contributed by atoms with Crippen molar-refractivity contribution in [3.05, 3.63) is 0 Å². The quantitative estimate of drug-likeness (QED) is 0.321. The van der Waals surface area contributed by atoms with Crippen LogP contribution in [0.2, 0.25) is 0 Å². The van der Waals surface area contributed by atoms with Gasteiger partial charge in [0.1, 0.15) is 18.6 Å². The highest BCUT2D eigenvalue weighted by Gasteiger charge is 2.52. The molecule has 0 saturated carbocycles. The number of ether oxygens (including phenoxy) is 5. The first-order valence-corrected chi connectivity index (χ1v) is 8.74. The Labute approximate surface area is 165 Å². The van der Waals surface area contributed by atoms with E-state index in [1.54, 1.807) is 0 Å². The van der Waals surface area contributed by atoms with Crippen LogP contribution in [0.15, 0.2) is 0 Å². The lowest BCUT2D eigenvalue weighted by Crippen LogP contribution is -2.66. The third-order valence-corrected chi connectivity index (χ3v) is 3.66. The fraction of sp³-hybridized carbons (Fsp3) is 0.688. The summed E-state index contributed by atoms with van der Waals surface area (Å²) in [7, 11) is 0. The molecule has 1 amide bonds. The molecule has 5 atom stereocenters. The summed E-state index contributed by atoms with van der Waals surface area (Å²) in [5.74, 6) is -4.01. The predicted octanol–water partition coefficient (Wildman–Crippen LogP) is -0.575. The average Bonchev–Trinajstić information content (AvgIpc) is 2.57. The normalized spacial score (nSPS) is 26.5. The summed E-state index contributed by atoms with van der Waals surface area (Å²) in [6.45, 7) is 4.07. The molecule has 1 fully saturated rings. The van der Waals surface area contributed by atoms with Gasteiger partial charge in [-0.3, -0.25) is 24.0 Å². The first kappa shape index (κ1) is 23.6. The first-order valence-electron chi connectivity index (χ1n) is 8.21. The Bertz CT molecular complexity index is 625. The molecule has 1 N–H and O–H groups in total. The summed E-state index contributed by atoms with van der Waals surface area (Å²) >= 11 is 5.48. The van der Waals surface area contributed by atoms with E-state index in [4.69, 9.17) is 35.3 Å². The molecule has 0 unspecified atom stereocenters. The number of amides is 1. The minimum Gasteiger partial charge on any atom is -0.463 e. The van der Waals surface area contributed by atoms with Crippen molar-refractivity contribution in [3.8, 4) is 0 Å². The summed E-state index contributed by atoms with van der Waals surface area (Å²) < 4.78 is 26.1. The zero-order chi connectivity index (χ0) is 21.4. The van der Waals surface area contributed by atoms with E-state index in [9.17, 15) is 24.0 Å². The van der Waals surface area contributed by atoms with Gasteiger partial charge in [0, 0.05) is 27.7 Å². The van der Waals surface area contributed by atoms with E-state index in [2.05, 4.69) is 5.32 Å². The van der Waals surface area contributed by atoms with Crippen molar-refractivity contribution in [2.45, 2.75) is 58.3 Å². The maximum absolute atomic E-state index is 11.7. The van der Waals surface area contributed by atoms with Crippen LogP contribution in [0.1, 0.15) is 27.7 Å². The third-order valence-electron chi connectivity index (χ3n) is 3.42. The van der Waals surface area contributed by atoms with Crippen LogP contribution in [-0.4, -0.2) is 72.9 Å². The van der Waals surface area contributed by atoms with Crippen molar-refractivity contribution >= 4 is 41.4 Å². The highest BCUT2D eigenvalue weighted by Crippen LogP contribution is 2.28. The second-order valence-corrected chi connectivity index (χ2v) is 6.09. The van der Waals surface area contributed by atoms with Gasteiger partial charge >= 0.3 is 23.9 Å². The fourth-order valence-corrected chi connectivity index (χ4v) is 2.62. The van der Waals surface area contributed by atoms with Crippen LogP contribution >= 0.6 is 11.6 Å². The molecule has 28 heavy (non-hydrogen) atoms. The van der Waals surface area contributed by atoms with Crippen molar-refractivity contribution in [2.24, 2.45) is 0 Å². The molecule has 158 valence electrons. The summed E-state index contributed by atoms with van der Waals surface area (Å²) in [6, 6.07) is 0. The van der Waals surface area contributed by atoms with Crippen LogP contribution in [0.5, 0.6) is 0 Å². The summed E-state index contributed by atoms with van der Waals surface area (Å²) in [6.07, 6.45) is -6.43. The summed E-state index contributed by atoms with van der Waals surface area (Å²) in [5, 5.41) is 2.38. The molecular weight excluding hydrogens is 402 g/mol. The molecule has 0 radical (unpaired) electrons. The fourth-order valence-electron chi connectivity index (χ4n) is 2.54. The number of carbonyl (C=O) groups excluding carboxylic acids is 5. The van der Waals surface area contributed by atoms with Crippen molar-refractivity contribution in [1.29, 1.82) is 0 Å². The van der Waals surface area contributed by atoms with Crippen molar-refractivity contribution < 1.29 is 47.7 Å². The van der Waals surface area contributed by atoms with Crippen LogP contribution in [0.4, 0.5) is 0 Å². The molecule has 11 nitrogen and oxygen atoms in total. The SMILES string of the molecule is CC(=O)OC[C@H]1O[C@@H](NC(=O)CCl)[C@@H](OC(C)=O)[C@@H](OC(C)=O)[C@@H]1OC(C)=O. The second-order valence-electron chi connectivity index (χ2n) is 5.82. The minimum atomic E-state index is -1.36. The van der Waals surface area contributed by atoms with Gasteiger partial charge in [0.25, 0.3) is 0 Å². The highest BCUT2D eigenvalue weighted by atomic mass is 35.5. The number of rotatable bonds is 7. The van der Waals surface area contributed by atoms with Gasteiger partial charge in [0.05, 0.1) is 0 Å². The van der Waals surface area contributed by atoms with Crippen molar-refractivity contribution in [3.63, 3.8) is 0 Å². The Balaban J connectivity index is 3.30. The molecule has 1 saturated heterocycles. The van der Waals surface area contributed by atoms with E-state index in [1.165, 1.54) is 0 Å². The lowest BCUT2D eigenvalue weighted by atomic mass is 9.97. The molecule has 0 spiro atoms. The largest absolute Gasteiger partial charge is 0.463 e. The van der Waals surface area contributed by atoms with E-state index in [-0.39, 0.29) is 6.61 Å². The molecule has 0 aromatic carbocycles. The van der Waals surface area contributed by atoms with Gasteiger partial charge in [0.2, 0.25) is 5.91 Å². The van der Waals surface area contributed by atoms with Gasteiger partial charge in [-0.25, -0.2) is 0 Å². The summed E-state index contributed by atoms with van der Waals surface area (Å²) in [4.78, 5) is 57.6. The van der Waals surface area contributed by atoms with Gasteiger partial charge in [-0.05, 0) is 0 Å². The number of carbonyl (C=O) groups is 5. The van der Waals surface area contributed by atoms with Crippen LogP contribution < -0.4 is 5.32 Å².